The Labute approximate surface area is 139 Å². The largest absolute Gasteiger partial charge is 0.349 e. The van der Waals surface area contributed by atoms with Crippen LogP contribution in [0.2, 0.25) is 0 Å². The van der Waals surface area contributed by atoms with Crippen LogP contribution in [0.4, 0.5) is 0 Å². The van der Waals surface area contributed by atoms with Crippen molar-refractivity contribution < 1.29 is 4.79 Å². The Morgan fingerprint density at radius 1 is 1.29 bits per heavy atom. The Balaban J connectivity index is 1.62. The van der Waals surface area contributed by atoms with Gasteiger partial charge in [0.05, 0.1) is 11.3 Å². The third kappa shape index (κ3) is 3.81. The summed E-state index contributed by atoms with van der Waals surface area (Å²) in [4.78, 5) is 24.8. The first-order chi connectivity index (χ1) is 11.6. The third-order valence-electron chi connectivity index (χ3n) is 3.49. The van der Waals surface area contributed by atoms with Crippen molar-refractivity contribution in [1.82, 2.24) is 30.5 Å². The number of nitrogens with one attached hydrogen (secondary N) is 2. The van der Waals surface area contributed by atoms with Gasteiger partial charge in [0.2, 0.25) is 0 Å². The zero-order valence-corrected chi connectivity index (χ0v) is 13.5. The highest BCUT2D eigenvalue weighted by Crippen LogP contribution is 2.12. The Morgan fingerprint density at radius 2 is 2.08 bits per heavy atom. The molecule has 0 saturated heterocycles. The van der Waals surface area contributed by atoms with Gasteiger partial charge in [-0.3, -0.25) is 14.9 Å². The number of nitrogens with zero attached hydrogens (tertiary/aromatic N) is 4. The Bertz CT molecular complexity index is 813. The van der Waals surface area contributed by atoms with Gasteiger partial charge in [0.25, 0.3) is 5.91 Å². The highest BCUT2D eigenvalue weighted by molar-refractivity contribution is 5.93. The molecule has 0 aliphatic rings. The summed E-state index contributed by atoms with van der Waals surface area (Å²) in [5.74, 6) is 0.340. The van der Waals surface area contributed by atoms with E-state index in [9.17, 15) is 4.79 Å². The summed E-state index contributed by atoms with van der Waals surface area (Å²) in [5, 5.41) is 9.99. The number of hydrogen-bond donors (Lipinski definition) is 2. The van der Waals surface area contributed by atoms with Gasteiger partial charge in [-0.25, -0.2) is 9.97 Å². The van der Waals surface area contributed by atoms with Crippen molar-refractivity contribution in [3.8, 4) is 11.4 Å². The lowest BCUT2D eigenvalue weighted by Gasteiger charge is -2.12. The second-order valence-electron chi connectivity index (χ2n) is 5.66. The Morgan fingerprint density at radius 3 is 2.71 bits per heavy atom. The van der Waals surface area contributed by atoms with Gasteiger partial charge in [0, 0.05) is 48.5 Å². The van der Waals surface area contributed by atoms with Crippen LogP contribution in [-0.4, -0.2) is 37.1 Å². The molecule has 0 unspecified atom stereocenters. The molecule has 0 saturated carbocycles. The molecule has 0 bridgehead atoms. The van der Waals surface area contributed by atoms with Gasteiger partial charge < -0.3 is 5.32 Å². The molecule has 3 heterocycles. The molecule has 24 heavy (non-hydrogen) atoms. The molecule has 122 valence electrons. The molecule has 3 aromatic rings. The minimum atomic E-state index is -0.201. The number of hydrogen-bond acceptors (Lipinski definition) is 5. The standard InChI is InChI=1S/C17H18N6O/c1-11(6-15-7-12(2)22-23-15)21-17(24)14-9-19-16(20-10-14)13-4-3-5-18-8-13/h3-5,7-11H,6H2,1-2H3,(H,21,24)(H,22,23)/t11-/m1/s1. The van der Waals surface area contributed by atoms with Gasteiger partial charge in [0.1, 0.15) is 0 Å². The van der Waals surface area contributed by atoms with Gasteiger partial charge in [0.15, 0.2) is 5.82 Å². The van der Waals surface area contributed by atoms with Crippen molar-refractivity contribution in [3.05, 3.63) is 59.9 Å². The monoisotopic (exact) mass is 322 g/mol. The maximum Gasteiger partial charge on any atom is 0.254 e. The van der Waals surface area contributed by atoms with Crippen LogP contribution in [0.5, 0.6) is 0 Å². The molecule has 7 nitrogen and oxygen atoms in total. The molecule has 0 fully saturated rings. The van der Waals surface area contributed by atoms with Gasteiger partial charge in [-0.2, -0.15) is 5.10 Å². The number of aromatic amines is 1. The lowest BCUT2D eigenvalue weighted by molar-refractivity contribution is 0.0939. The number of amides is 1. The second kappa shape index (κ2) is 6.99. The van der Waals surface area contributed by atoms with Crippen LogP contribution in [0, 0.1) is 6.92 Å². The first-order valence-corrected chi connectivity index (χ1v) is 7.66. The number of carbonyl (C=O) groups excluding carboxylic acids is 1. The van der Waals surface area contributed by atoms with Gasteiger partial charge in [-0.1, -0.05) is 0 Å². The van der Waals surface area contributed by atoms with E-state index >= 15 is 0 Å². The predicted molar refractivity (Wildman–Crippen MR) is 89.2 cm³/mol. The lowest BCUT2D eigenvalue weighted by atomic mass is 10.1. The van der Waals surface area contributed by atoms with Crippen LogP contribution in [0.25, 0.3) is 11.4 Å². The average Bonchev–Trinajstić information content (AvgIpc) is 3.00. The smallest absolute Gasteiger partial charge is 0.254 e. The zero-order valence-electron chi connectivity index (χ0n) is 13.5. The molecule has 0 aromatic carbocycles. The van der Waals surface area contributed by atoms with Gasteiger partial charge >= 0.3 is 0 Å². The summed E-state index contributed by atoms with van der Waals surface area (Å²) < 4.78 is 0. The highest BCUT2D eigenvalue weighted by atomic mass is 16.1. The third-order valence-corrected chi connectivity index (χ3v) is 3.49. The topological polar surface area (TPSA) is 96.5 Å². The van der Waals surface area contributed by atoms with Crippen molar-refractivity contribution in [3.63, 3.8) is 0 Å². The van der Waals surface area contributed by atoms with Crippen molar-refractivity contribution in [2.75, 3.05) is 0 Å². The van der Waals surface area contributed by atoms with Crippen molar-refractivity contribution in [2.45, 2.75) is 26.3 Å². The minimum Gasteiger partial charge on any atom is -0.349 e. The van der Waals surface area contributed by atoms with E-state index in [1.165, 1.54) is 12.4 Å². The summed E-state index contributed by atoms with van der Waals surface area (Å²) in [7, 11) is 0. The van der Waals surface area contributed by atoms with Crippen LogP contribution < -0.4 is 5.32 Å². The van der Waals surface area contributed by atoms with E-state index in [1.807, 2.05) is 32.0 Å². The zero-order chi connectivity index (χ0) is 16.9. The molecule has 0 spiro atoms. The fourth-order valence-corrected chi connectivity index (χ4v) is 2.34. The van der Waals surface area contributed by atoms with E-state index in [0.717, 1.165) is 17.0 Å². The molecule has 3 aromatic heterocycles. The number of rotatable bonds is 5. The molecule has 0 aliphatic heterocycles. The maximum atomic E-state index is 12.3. The molecular weight excluding hydrogens is 304 g/mol. The molecule has 3 rings (SSSR count). The first kappa shape index (κ1) is 15.8. The molecule has 1 atom stereocenters. The quantitative estimate of drug-likeness (QED) is 0.748. The number of aromatic nitrogens is 5. The molecule has 0 aliphatic carbocycles. The van der Waals surface area contributed by atoms with E-state index in [0.29, 0.717) is 17.8 Å². The fourth-order valence-electron chi connectivity index (χ4n) is 2.34. The molecule has 0 radical (unpaired) electrons. The first-order valence-electron chi connectivity index (χ1n) is 7.66. The summed E-state index contributed by atoms with van der Waals surface area (Å²) in [5.41, 5.74) is 3.16. The summed E-state index contributed by atoms with van der Waals surface area (Å²) in [6.45, 7) is 3.88. The SMILES string of the molecule is Cc1cc(C[C@@H](C)NC(=O)c2cnc(-c3cccnc3)nc2)n[nH]1. The fraction of sp³-hybridized carbons (Fsp3) is 0.235. The van der Waals surface area contributed by atoms with E-state index in [4.69, 9.17) is 0 Å². The highest BCUT2D eigenvalue weighted by Gasteiger charge is 2.13. The van der Waals surface area contributed by atoms with E-state index in [1.54, 1.807) is 12.4 Å². The number of carbonyl (C=O) groups is 1. The maximum absolute atomic E-state index is 12.3. The van der Waals surface area contributed by atoms with Crippen LogP contribution in [0.15, 0.2) is 43.0 Å². The van der Waals surface area contributed by atoms with E-state index in [-0.39, 0.29) is 11.9 Å². The average molecular weight is 322 g/mol. The molecule has 2 N–H and O–H groups in total. The van der Waals surface area contributed by atoms with Crippen molar-refractivity contribution >= 4 is 5.91 Å². The van der Waals surface area contributed by atoms with Crippen molar-refractivity contribution in [2.24, 2.45) is 0 Å². The predicted octanol–water partition coefficient (Wildman–Crippen LogP) is 1.93. The summed E-state index contributed by atoms with van der Waals surface area (Å²) >= 11 is 0. The van der Waals surface area contributed by atoms with Gasteiger partial charge in [-0.15, -0.1) is 0 Å². The second-order valence-corrected chi connectivity index (χ2v) is 5.66. The lowest BCUT2D eigenvalue weighted by Crippen LogP contribution is -2.34. The van der Waals surface area contributed by atoms with Crippen LogP contribution in [-0.2, 0) is 6.42 Å². The number of H-pyrrole nitrogens is 1. The van der Waals surface area contributed by atoms with Crippen LogP contribution in [0.1, 0.15) is 28.7 Å². The Hall–Kier alpha value is -3.09. The van der Waals surface area contributed by atoms with Gasteiger partial charge in [-0.05, 0) is 32.0 Å². The molecule has 1 amide bonds. The number of aryl methyl sites for hydroxylation is 1. The van der Waals surface area contributed by atoms with Crippen LogP contribution >= 0.6 is 0 Å². The van der Waals surface area contributed by atoms with Crippen molar-refractivity contribution in [1.29, 1.82) is 0 Å². The number of pyridine rings is 1. The minimum absolute atomic E-state index is 0.0433. The van der Waals surface area contributed by atoms with E-state index in [2.05, 4.69) is 30.5 Å². The summed E-state index contributed by atoms with van der Waals surface area (Å²) in [6.07, 6.45) is 7.08. The molecular formula is C17H18N6O. The van der Waals surface area contributed by atoms with E-state index < -0.39 is 0 Å². The normalized spacial score (nSPS) is 11.9. The Kier molecular flexibility index (Phi) is 4.60. The van der Waals surface area contributed by atoms with Crippen LogP contribution in [0.3, 0.4) is 0 Å². The summed E-state index contributed by atoms with van der Waals surface area (Å²) in [6, 6.07) is 5.61. The molecule has 7 heteroatoms.